The number of ether oxygens (including phenoxy) is 5. The monoisotopic (exact) mass is 212 g/mol. The summed E-state index contributed by atoms with van der Waals surface area (Å²) >= 11 is 3.35. The molecule has 7 heteroatoms. The van der Waals surface area contributed by atoms with Gasteiger partial charge >= 0.3 is 5.30 Å². The van der Waals surface area contributed by atoms with Crippen molar-refractivity contribution in [3.05, 3.63) is 0 Å². The second kappa shape index (κ2) is 9.75. The first-order valence-corrected chi connectivity index (χ1v) is 3.80. The van der Waals surface area contributed by atoms with E-state index in [0.717, 1.165) is 0 Å². The number of rotatable bonds is 8. The van der Waals surface area contributed by atoms with Crippen molar-refractivity contribution < 1.29 is 28.5 Å². The van der Waals surface area contributed by atoms with Gasteiger partial charge in [-0.25, -0.2) is 4.79 Å². The smallest absolute Gasteiger partial charge is 0.366 e. The van der Waals surface area contributed by atoms with Crippen LogP contribution in [0.1, 0.15) is 0 Å². The Bertz CT molecular complexity index is 130. The summed E-state index contributed by atoms with van der Waals surface area (Å²) in [5.74, 6) is 0. The molecule has 0 aromatic heterocycles. The minimum Gasteiger partial charge on any atom is -0.430 e. The van der Waals surface area contributed by atoms with E-state index < -0.39 is 5.30 Å². The van der Waals surface area contributed by atoms with Crippen molar-refractivity contribution in [1.29, 1.82) is 0 Å². The lowest BCUT2D eigenvalue weighted by Gasteiger charge is -2.05. The topological polar surface area (TPSA) is 63.2 Å². The summed E-state index contributed by atoms with van der Waals surface area (Å²) in [5.41, 5.74) is 0. The zero-order valence-corrected chi connectivity index (χ0v) is 8.12. The third-order valence-corrected chi connectivity index (χ3v) is 0.929. The zero-order chi connectivity index (χ0) is 9.94. The molecule has 0 aliphatic carbocycles. The summed E-state index contributed by atoms with van der Waals surface area (Å²) in [6.07, 6.45) is 0. The van der Waals surface area contributed by atoms with Crippen molar-refractivity contribution >= 4 is 17.9 Å². The van der Waals surface area contributed by atoms with Gasteiger partial charge in [0.05, 0.1) is 0 Å². The molecule has 0 fully saturated rings. The molecule has 13 heavy (non-hydrogen) atoms. The molecule has 0 aliphatic rings. The first-order chi connectivity index (χ1) is 6.27. The van der Waals surface area contributed by atoms with E-state index in [-0.39, 0.29) is 27.2 Å². The second-order valence-corrected chi connectivity index (χ2v) is 2.15. The van der Waals surface area contributed by atoms with Gasteiger partial charge in [0.15, 0.2) is 20.4 Å². The van der Waals surface area contributed by atoms with Gasteiger partial charge in [0.1, 0.15) is 6.79 Å². The Kier molecular flexibility index (Phi) is 9.49. The second-order valence-electron chi connectivity index (χ2n) is 1.78. The van der Waals surface area contributed by atoms with Gasteiger partial charge in [-0.05, 0) is 0 Å². The van der Waals surface area contributed by atoms with E-state index in [0.29, 0.717) is 0 Å². The Balaban J connectivity index is 2.87. The van der Waals surface area contributed by atoms with Gasteiger partial charge in [-0.1, -0.05) is 12.6 Å². The van der Waals surface area contributed by atoms with Gasteiger partial charge in [-0.15, -0.1) is 0 Å². The molecular weight excluding hydrogens is 200 g/mol. The van der Waals surface area contributed by atoms with Crippen LogP contribution in [0.5, 0.6) is 0 Å². The summed E-state index contributed by atoms with van der Waals surface area (Å²) < 4.78 is 23.1. The third-order valence-electron chi connectivity index (χ3n) is 0.800. The molecule has 6 nitrogen and oxygen atoms in total. The Morgan fingerprint density at radius 2 is 1.62 bits per heavy atom. The lowest BCUT2D eigenvalue weighted by atomic mass is 11.2. The fraction of sp³-hybridized carbons (Fsp3) is 0.833. The molecule has 0 unspecified atom stereocenters. The van der Waals surface area contributed by atoms with Crippen LogP contribution in [0.3, 0.4) is 0 Å². The molecule has 0 radical (unpaired) electrons. The van der Waals surface area contributed by atoms with Crippen molar-refractivity contribution in [1.82, 2.24) is 0 Å². The van der Waals surface area contributed by atoms with Crippen LogP contribution in [-0.2, 0) is 23.7 Å². The highest BCUT2D eigenvalue weighted by Gasteiger charge is 1.92. The molecule has 0 rings (SSSR count). The quantitative estimate of drug-likeness (QED) is 0.275. The number of carbonyl (C=O) groups is 1. The number of thiol groups is 1. The van der Waals surface area contributed by atoms with E-state index in [1.54, 1.807) is 0 Å². The predicted molar refractivity (Wildman–Crippen MR) is 45.2 cm³/mol. The van der Waals surface area contributed by atoms with E-state index in [1.165, 1.54) is 7.11 Å². The predicted octanol–water partition coefficient (Wildman–Crippen LogP) is 0.579. The molecule has 78 valence electrons. The lowest BCUT2D eigenvalue weighted by molar-refractivity contribution is -0.179. The molecule has 0 amide bonds. The zero-order valence-electron chi connectivity index (χ0n) is 7.23. The highest BCUT2D eigenvalue weighted by atomic mass is 32.1. The van der Waals surface area contributed by atoms with Gasteiger partial charge in [0.25, 0.3) is 0 Å². The SMILES string of the molecule is COCOCOCOCOC(=O)S. The fourth-order valence-corrected chi connectivity index (χ4v) is 0.448. The summed E-state index contributed by atoms with van der Waals surface area (Å²) in [4.78, 5) is 10.1. The van der Waals surface area contributed by atoms with Gasteiger partial charge in [-0.3, -0.25) is 0 Å². The van der Waals surface area contributed by atoms with Crippen LogP contribution >= 0.6 is 12.6 Å². The van der Waals surface area contributed by atoms with Crippen LogP contribution in [0.25, 0.3) is 0 Å². The van der Waals surface area contributed by atoms with E-state index >= 15 is 0 Å². The number of hydrogen-bond acceptors (Lipinski definition) is 6. The summed E-state index contributed by atoms with van der Waals surface area (Å²) in [5, 5.41) is -0.698. The van der Waals surface area contributed by atoms with Crippen molar-refractivity contribution in [3.8, 4) is 0 Å². The molecule has 0 aromatic rings. The van der Waals surface area contributed by atoms with Gasteiger partial charge < -0.3 is 23.7 Å². The van der Waals surface area contributed by atoms with Crippen LogP contribution in [0.15, 0.2) is 0 Å². The maximum absolute atomic E-state index is 10.1. The van der Waals surface area contributed by atoms with Crippen LogP contribution in [0, 0.1) is 0 Å². The van der Waals surface area contributed by atoms with Crippen LogP contribution in [0.4, 0.5) is 4.79 Å². The van der Waals surface area contributed by atoms with Gasteiger partial charge in [0.2, 0.25) is 0 Å². The average molecular weight is 212 g/mol. The molecule has 0 spiro atoms. The molecule has 0 aromatic carbocycles. The van der Waals surface area contributed by atoms with Crippen molar-refractivity contribution in [2.75, 3.05) is 34.3 Å². The number of methoxy groups -OCH3 is 1. The molecule has 0 saturated heterocycles. The van der Waals surface area contributed by atoms with E-state index in [4.69, 9.17) is 9.47 Å². The maximum Gasteiger partial charge on any atom is 0.366 e. The minimum atomic E-state index is -0.698. The largest absolute Gasteiger partial charge is 0.430 e. The Labute approximate surface area is 81.4 Å². The fourth-order valence-electron chi connectivity index (χ4n) is 0.395. The minimum absolute atomic E-state index is 0.0230. The molecule has 0 bridgehead atoms. The van der Waals surface area contributed by atoms with Crippen LogP contribution in [-0.4, -0.2) is 39.6 Å². The van der Waals surface area contributed by atoms with Crippen molar-refractivity contribution in [2.24, 2.45) is 0 Å². The third kappa shape index (κ3) is 11.7. The summed E-state index contributed by atoms with van der Waals surface area (Å²) in [6, 6.07) is 0. The number of hydrogen-bond donors (Lipinski definition) is 1. The Morgan fingerprint density at radius 1 is 1.08 bits per heavy atom. The van der Waals surface area contributed by atoms with Crippen molar-refractivity contribution in [2.45, 2.75) is 0 Å². The molecule has 0 heterocycles. The Morgan fingerprint density at radius 3 is 2.15 bits per heavy atom. The summed E-state index contributed by atoms with van der Waals surface area (Å²) in [6.45, 7) is 0.00563. The van der Waals surface area contributed by atoms with Crippen molar-refractivity contribution in [3.63, 3.8) is 0 Å². The highest BCUT2D eigenvalue weighted by molar-refractivity contribution is 7.96. The normalized spacial score (nSPS) is 10.0. The standard InChI is InChI=1S/C6H12O6S/c1-8-2-9-3-10-4-11-5-12-6(7)13/h2-5H2,1H3,(H,7,13). The van der Waals surface area contributed by atoms with E-state index in [2.05, 4.69) is 26.8 Å². The highest BCUT2D eigenvalue weighted by Crippen LogP contribution is 1.87. The van der Waals surface area contributed by atoms with E-state index in [9.17, 15) is 4.79 Å². The van der Waals surface area contributed by atoms with Gasteiger partial charge in [-0.2, -0.15) is 0 Å². The molecule has 0 saturated carbocycles. The first kappa shape index (κ1) is 12.7. The molecular formula is C6H12O6S. The van der Waals surface area contributed by atoms with E-state index in [1.807, 2.05) is 0 Å². The lowest BCUT2D eigenvalue weighted by Crippen LogP contribution is -2.08. The summed E-state index contributed by atoms with van der Waals surface area (Å²) in [7, 11) is 1.50. The first-order valence-electron chi connectivity index (χ1n) is 3.35. The number of carbonyl (C=O) groups excluding carboxylic acids is 1. The van der Waals surface area contributed by atoms with Crippen LogP contribution in [0.2, 0.25) is 0 Å². The average Bonchev–Trinajstić information content (AvgIpc) is 2.09. The Hall–Kier alpha value is -0.340. The molecule has 0 aliphatic heterocycles. The van der Waals surface area contributed by atoms with Crippen LogP contribution < -0.4 is 0 Å². The molecule has 0 N–H and O–H groups in total. The van der Waals surface area contributed by atoms with Gasteiger partial charge in [0, 0.05) is 7.11 Å². The molecule has 0 atom stereocenters. The maximum atomic E-state index is 10.1.